The van der Waals surface area contributed by atoms with Crippen molar-refractivity contribution in [1.29, 1.82) is 0 Å². The highest BCUT2D eigenvalue weighted by atomic mass is 16.5. The zero-order chi connectivity index (χ0) is 22.4. The van der Waals surface area contributed by atoms with Gasteiger partial charge < -0.3 is 20.2 Å². The molecule has 1 fully saturated rings. The maximum Gasteiger partial charge on any atom is 0.356 e. The number of hydrogen-bond donors (Lipinski definition) is 2. The van der Waals surface area contributed by atoms with Gasteiger partial charge in [-0.05, 0) is 55.9 Å². The number of nitrogens with zero attached hydrogens (tertiary/aromatic N) is 6. The number of likely N-dealkylation sites (N-methyl/N-ethyl adjacent to an activating group) is 1. The lowest BCUT2D eigenvalue weighted by atomic mass is 9.98. The molecule has 1 aliphatic carbocycles. The van der Waals surface area contributed by atoms with Gasteiger partial charge in [0.1, 0.15) is 12.4 Å². The van der Waals surface area contributed by atoms with Crippen LogP contribution in [0.2, 0.25) is 0 Å². The molecule has 0 radical (unpaired) electrons. The summed E-state index contributed by atoms with van der Waals surface area (Å²) in [5, 5.41) is 13.5. The van der Waals surface area contributed by atoms with Gasteiger partial charge in [-0.1, -0.05) is 30.5 Å². The van der Waals surface area contributed by atoms with Gasteiger partial charge in [-0.3, -0.25) is 0 Å². The van der Waals surface area contributed by atoms with Crippen LogP contribution in [0.1, 0.15) is 57.3 Å². The van der Waals surface area contributed by atoms with Crippen LogP contribution in [0.25, 0.3) is 5.70 Å². The molecule has 0 aliphatic heterocycles. The van der Waals surface area contributed by atoms with Crippen LogP contribution >= 0.6 is 0 Å². The number of aryl methyl sites for hydroxylation is 1. The lowest BCUT2D eigenvalue weighted by molar-refractivity contribution is 0.153. The van der Waals surface area contributed by atoms with Crippen molar-refractivity contribution in [3.63, 3.8) is 0 Å². The fourth-order valence-electron chi connectivity index (χ4n) is 3.53. The molecule has 0 saturated heterocycles. The van der Waals surface area contributed by atoms with Crippen LogP contribution in [0, 0.1) is 12.8 Å². The SMILES string of the molecule is Cc1nc(/C(N)=C(\COc2nnn(CC(C)C)n2)N(C)N)ccc1OC1CCCCC1. The van der Waals surface area contributed by atoms with E-state index in [1.54, 1.807) is 7.05 Å². The van der Waals surface area contributed by atoms with E-state index < -0.39 is 0 Å². The minimum Gasteiger partial charge on any atom is -0.489 e. The summed E-state index contributed by atoms with van der Waals surface area (Å²) in [4.78, 5) is 6.15. The van der Waals surface area contributed by atoms with Crippen LogP contribution in [0.3, 0.4) is 0 Å². The maximum absolute atomic E-state index is 6.39. The van der Waals surface area contributed by atoms with E-state index in [-0.39, 0.29) is 18.7 Å². The summed E-state index contributed by atoms with van der Waals surface area (Å²) in [6.45, 7) is 6.84. The molecule has 10 nitrogen and oxygen atoms in total. The predicted molar refractivity (Wildman–Crippen MR) is 118 cm³/mol. The highest BCUT2D eigenvalue weighted by Gasteiger charge is 2.18. The Balaban J connectivity index is 1.71. The van der Waals surface area contributed by atoms with Gasteiger partial charge in [0.2, 0.25) is 0 Å². The van der Waals surface area contributed by atoms with Crippen molar-refractivity contribution >= 4 is 5.70 Å². The number of tetrazole rings is 1. The zero-order valence-electron chi connectivity index (χ0n) is 18.9. The van der Waals surface area contributed by atoms with Crippen LogP contribution in [-0.4, -0.2) is 50.0 Å². The van der Waals surface area contributed by atoms with E-state index in [0.717, 1.165) is 24.3 Å². The zero-order valence-corrected chi connectivity index (χ0v) is 18.9. The molecule has 0 spiro atoms. The third kappa shape index (κ3) is 6.30. The van der Waals surface area contributed by atoms with Gasteiger partial charge in [-0.2, -0.15) is 4.80 Å². The molecular weight excluding hydrogens is 396 g/mol. The number of hydrogen-bond acceptors (Lipinski definition) is 9. The summed E-state index contributed by atoms with van der Waals surface area (Å²) >= 11 is 0. The van der Waals surface area contributed by atoms with Crippen LogP contribution in [-0.2, 0) is 6.54 Å². The fourth-order valence-corrected chi connectivity index (χ4v) is 3.53. The molecule has 1 saturated carbocycles. The van der Waals surface area contributed by atoms with E-state index in [1.807, 2.05) is 19.1 Å². The first-order valence-electron chi connectivity index (χ1n) is 10.9. The van der Waals surface area contributed by atoms with E-state index in [0.29, 0.717) is 29.6 Å². The molecule has 0 unspecified atom stereocenters. The molecule has 31 heavy (non-hydrogen) atoms. The van der Waals surface area contributed by atoms with Crippen molar-refractivity contribution in [3.8, 4) is 11.8 Å². The number of ether oxygens (including phenoxy) is 2. The summed E-state index contributed by atoms with van der Waals surface area (Å²) in [5.41, 5.74) is 8.79. The lowest BCUT2D eigenvalue weighted by Crippen LogP contribution is -2.31. The Labute approximate surface area is 183 Å². The minimum atomic E-state index is 0.0905. The molecule has 0 aromatic carbocycles. The van der Waals surface area contributed by atoms with E-state index in [1.165, 1.54) is 29.1 Å². The Kier molecular flexibility index (Phi) is 7.67. The second kappa shape index (κ2) is 10.4. The largest absolute Gasteiger partial charge is 0.489 e. The Morgan fingerprint density at radius 2 is 2.00 bits per heavy atom. The van der Waals surface area contributed by atoms with Gasteiger partial charge in [-0.15, -0.1) is 0 Å². The molecule has 2 aromatic rings. The number of rotatable bonds is 9. The lowest BCUT2D eigenvalue weighted by Gasteiger charge is -2.24. The Bertz CT molecular complexity index is 887. The monoisotopic (exact) mass is 430 g/mol. The molecule has 10 heteroatoms. The molecule has 2 aromatic heterocycles. The summed E-state index contributed by atoms with van der Waals surface area (Å²) in [7, 11) is 1.70. The fraction of sp³-hybridized carbons (Fsp3) is 0.619. The summed E-state index contributed by atoms with van der Waals surface area (Å²) in [6.07, 6.45) is 6.19. The maximum atomic E-state index is 6.39. The molecule has 0 atom stereocenters. The first-order valence-corrected chi connectivity index (χ1v) is 10.9. The van der Waals surface area contributed by atoms with E-state index in [4.69, 9.17) is 21.1 Å². The normalized spacial score (nSPS) is 15.7. The minimum absolute atomic E-state index is 0.0905. The predicted octanol–water partition coefficient (Wildman–Crippen LogP) is 2.26. The van der Waals surface area contributed by atoms with Crippen molar-refractivity contribution in [2.24, 2.45) is 17.5 Å². The summed E-state index contributed by atoms with van der Waals surface area (Å²) in [6, 6.07) is 3.95. The first kappa shape index (κ1) is 22.8. The third-order valence-electron chi connectivity index (χ3n) is 5.20. The van der Waals surface area contributed by atoms with Crippen LogP contribution in [0.5, 0.6) is 11.8 Å². The number of aromatic nitrogens is 5. The molecule has 0 amide bonds. The Morgan fingerprint density at radius 1 is 1.26 bits per heavy atom. The van der Waals surface area contributed by atoms with Crippen LogP contribution < -0.4 is 21.1 Å². The van der Waals surface area contributed by atoms with Crippen molar-refractivity contribution in [2.45, 2.75) is 65.5 Å². The average Bonchev–Trinajstić information content (AvgIpc) is 3.16. The van der Waals surface area contributed by atoms with Crippen LogP contribution in [0.4, 0.5) is 0 Å². The molecule has 3 rings (SSSR count). The standard InChI is InChI=1S/C21H34N8O2/c1-14(2)12-29-26-21(25-27-29)30-13-18(28(4)23)20(22)17-10-11-19(15(3)24-17)31-16-8-6-5-7-9-16/h10-11,14,16H,5-9,12-13,22-23H2,1-4H3/b20-18-. The Morgan fingerprint density at radius 3 is 2.65 bits per heavy atom. The highest BCUT2D eigenvalue weighted by molar-refractivity contribution is 5.63. The van der Waals surface area contributed by atoms with Gasteiger partial charge in [0.25, 0.3) is 0 Å². The molecular formula is C21H34N8O2. The van der Waals surface area contributed by atoms with Gasteiger partial charge in [-0.25, -0.2) is 10.8 Å². The van der Waals surface area contributed by atoms with E-state index >= 15 is 0 Å². The molecule has 0 bridgehead atoms. The topological polar surface area (TPSA) is 130 Å². The number of pyridine rings is 1. The van der Waals surface area contributed by atoms with Crippen molar-refractivity contribution in [3.05, 3.63) is 29.2 Å². The van der Waals surface area contributed by atoms with E-state index in [9.17, 15) is 0 Å². The van der Waals surface area contributed by atoms with Gasteiger partial charge in [0.15, 0.2) is 0 Å². The molecule has 1 aliphatic rings. The van der Waals surface area contributed by atoms with Gasteiger partial charge in [0, 0.05) is 7.05 Å². The summed E-state index contributed by atoms with van der Waals surface area (Å²) < 4.78 is 11.8. The summed E-state index contributed by atoms with van der Waals surface area (Å²) in [5.74, 6) is 7.21. The Hall–Kier alpha value is -2.88. The van der Waals surface area contributed by atoms with Gasteiger partial charge >= 0.3 is 6.01 Å². The molecule has 2 heterocycles. The quantitative estimate of drug-likeness (QED) is 0.454. The smallest absolute Gasteiger partial charge is 0.356 e. The average molecular weight is 431 g/mol. The second-order valence-corrected chi connectivity index (χ2v) is 8.44. The third-order valence-corrected chi connectivity index (χ3v) is 5.20. The first-order chi connectivity index (χ1) is 14.8. The number of hydrazine groups is 1. The second-order valence-electron chi connectivity index (χ2n) is 8.44. The van der Waals surface area contributed by atoms with Crippen molar-refractivity contribution < 1.29 is 9.47 Å². The van der Waals surface area contributed by atoms with Crippen LogP contribution in [0.15, 0.2) is 17.8 Å². The molecule has 170 valence electrons. The number of nitrogens with two attached hydrogens (primary N) is 2. The van der Waals surface area contributed by atoms with Crippen molar-refractivity contribution in [1.82, 2.24) is 30.2 Å². The van der Waals surface area contributed by atoms with Crippen molar-refractivity contribution in [2.75, 3.05) is 13.7 Å². The highest BCUT2D eigenvalue weighted by Crippen LogP contribution is 2.26. The van der Waals surface area contributed by atoms with Gasteiger partial charge in [0.05, 0.1) is 35.4 Å². The van der Waals surface area contributed by atoms with E-state index in [2.05, 4.69) is 34.2 Å². The molecule has 4 N–H and O–H groups in total.